The second-order valence-electron chi connectivity index (χ2n) is 4.65. The van der Waals surface area contributed by atoms with Gasteiger partial charge in [0.1, 0.15) is 5.78 Å². The average molecular weight is 227 g/mol. The van der Waals surface area contributed by atoms with Crippen LogP contribution in [-0.4, -0.2) is 31.4 Å². The van der Waals surface area contributed by atoms with E-state index in [1.165, 1.54) is 0 Å². The van der Waals surface area contributed by atoms with Crippen molar-refractivity contribution < 1.29 is 14.3 Å². The lowest BCUT2D eigenvalue weighted by atomic mass is 9.94. The van der Waals surface area contributed by atoms with Gasteiger partial charge in [-0.15, -0.1) is 0 Å². The monoisotopic (exact) mass is 227 g/mol. The van der Waals surface area contributed by atoms with Gasteiger partial charge in [0.15, 0.2) is 0 Å². The van der Waals surface area contributed by atoms with Crippen LogP contribution < -0.4 is 5.32 Å². The first kappa shape index (κ1) is 13.2. The molecule has 1 N–H and O–H groups in total. The number of amides is 1. The molecule has 0 aromatic carbocycles. The second kappa shape index (κ2) is 6.63. The predicted octanol–water partition coefficient (Wildman–Crippen LogP) is 1.29. The normalized spacial score (nSPS) is 19.5. The van der Waals surface area contributed by atoms with E-state index >= 15 is 0 Å². The molecule has 0 aliphatic heterocycles. The van der Waals surface area contributed by atoms with E-state index in [0.717, 1.165) is 12.8 Å². The molecule has 16 heavy (non-hydrogen) atoms. The van der Waals surface area contributed by atoms with Crippen molar-refractivity contribution in [1.29, 1.82) is 0 Å². The third-order valence-electron chi connectivity index (χ3n) is 2.89. The quantitative estimate of drug-likeness (QED) is 0.770. The van der Waals surface area contributed by atoms with Crippen LogP contribution in [0.25, 0.3) is 0 Å². The highest BCUT2D eigenvalue weighted by Crippen LogP contribution is 2.15. The van der Waals surface area contributed by atoms with Crippen LogP contribution in [0.2, 0.25) is 0 Å². The van der Waals surface area contributed by atoms with E-state index in [0.29, 0.717) is 31.7 Å². The van der Waals surface area contributed by atoms with Crippen LogP contribution in [0.1, 0.15) is 39.0 Å². The Bertz CT molecular complexity index is 243. The molecule has 1 aliphatic rings. The van der Waals surface area contributed by atoms with Crippen molar-refractivity contribution in [2.75, 3.05) is 13.7 Å². The number of hydrogen-bond acceptors (Lipinski definition) is 3. The maximum absolute atomic E-state index is 11.6. The molecule has 0 bridgehead atoms. The molecule has 0 spiro atoms. The van der Waals surface area contributed by atoms with E-state index in [1.807, 2.05) is 6.92 Å². The van der Waals surface area contributed by atoms with Gasteiger partial charge in [0.2, 0.25) is 5.91 Å². The van der Waals surface area contributed by atoms with E-state index in [4.69, 9.17) is 4.74 Å². The minimum absolute atomic E-state index is 0.0731. The number of ether oxygens (including phenoxy) is 1. The van der Waals surface area contributed by atoms with Gasteiger partial charge in [-0.1, -0.05) is 6.92 Å². The average Bonchev–Trinajstić information content (AvgIpc) is 2.21. The number of ketones is 1. The summed E-state index contributed by atoms with van der Waals surface area (Å²) in [6, 6.07) is 0.194. The van der Waals surface area contributed by atoms with Gasteiger partial charge in [0, 0.05) is 39.0 Å². The summed E-state index contributed by atoms with van der Waals surface area (Å²) in [6.07, 6.45) is 3.31. The highest BCUT2D eigenvalue weighted by Gasteiger charge is 2.20. The Kier molecular flexibility index (Phi) is 5.46. The number of nitrogens with one attached hydrogen (secondary N) is 1. The Balaban J connectivity index is 2.21. The molecule has 92 valence electrons. The molecular formula is C12H21NO3. The Morgan fingerprint density at radius 3 is 2.69 bits per heavy atom. The Labute approximate surface area is 96.7 Å². The summed E-state index contributed by atoms with van der Waals surface area (Å²) < 4.78 is 4.98. The molecule has 1 saturated carbocycles. The van der Waals surface area contributed by atoms with E-state index in [-0.39, 0.29) is 17.9 Å². The smallest absolute Gasteiger partial charge is 0.220 e. The van der Waals surface area contributed by atoms with Gasteiger partial charge in [-0.3, -0.25) is 9.59 Å². The highest BCUT2D eigenvalue weighted by atomic mass is 16.5. The zero-order valence-electron chi connectivity index (χ0n) is 10.1. The van der Waals surface area contributed by atoms with Gasteiger partial charge < -0.3 is 10.1 Å². The molecule has 1 unspecified atom stereocenters. The third-order valence-corrected chi connectivity index (χ3v) is 2.89. The number of rotatable bonds is 5. The lowest BCUT2D eigenvalue weighted by Crippen LogP contribution is -2.38. The van der Waals surface area contributed by atoms with Gasteiger partial charge in [-0.2, -0.15) is 0 Å². The van der Waals surface area contributed by atoms with Gasteiger partial charge in [0.05, 0.1) is 0 Å². The lowest BCUT2D eigenvalue weighted by molar-refractivity contribution is -0.125. The molecule has 0 saturated heterocycles. The molecule has 1 aliphatic carbocycles. The second-order valence-corrected chi connectivity index (χ2v) is 4.65. The summed E-state index contributed by atoms with van der Waals surface area (Å²) >= 11 is 0. The first-order chi connectivity index (χ1) is 7.61. The van der Waals surface area contributed by atoms with Gasteiger partial charge in [0.25, 0.3) is 0 Å². The third kappa shape index (κ3) is 4.75. The van der Waals surface area contributed by atoms with E-state index in [2.05, 4.69) is 5.32 Å². The Morgan fingerprint density at radius 2 is 2.12 bits per heavy atom. The van der Waals surface area contributed by atoms with E-state index in [1.54, 1.807) is 7.11 Å². The van der Waals surface area contributed by atoms with Gasteiger partial charge >= 0.3 is 0 Å². The summed E-state index contributed by atoms with van der Waals surface area (Å²) in [5, 5.41) is 2.98. The van der Waals surface area contributed by atoms with Crippen LogP contribution in [0.5, 0.6) is 0 Å². The fourth-order valence-electron chi connectivity index (χ4n) is 2.03. The van der Waals surface area contributed by atoms with Crippen molar-refractivity contribution in [3.63, 3.8) is 0 Å². The molecule has 0 aromatic heterocycles. The van der Waals surface area contributed by atoms with Crippen LogP contribution in [0.15, 0.2) is 0 Å². The Morgan fingerprint density at radius 1 is 1.50 bits per heavy atom. The number of carbonyl (C=O) groups is 2. The van der Waals surface area contributed by atoms with Crippen LogP contribution in [0, 0.1) is 5.92 Å². The van der Waals surface area contributed by atoms with Crippen molar-refractivity contribution in [3.05, 3.63) is 0 Å². The lowest BCUT2D eigenvalue weighted by Gasteiger charge is -2.22. The van der Waals surface area contributed by atoms with Crippen molar-refractivity contribution in [2.45, 2.75) is 45.1 Å². The first-order valence-electron chi connectivity index (χ1n) is 5.91. The standard InChI is InChI=1S/C12H21NO3/c1-9(8-16-2)7-12(15)13-10-3-5-11(14)6-4-10/h9-10H,3-8H2,1-2H3,(H,13,15). The Hall–Kier alpha value is -0.900. The number of Topliss-reactive ketones (excluding diaryl/α,β-unsaturated/α-hetero) is 1. The first-order valence-corrected chi connectivity index (χ1v) is 5.91. The summed E-state index contributed by atoms with van der Waals surface area (Å²) in [5.74, 6) is 0.636. The van der Waals surface area contributed by atoms with E-state index in [9.17, 15) is 9.59 Å². The summed E-state index contributed by atoms with van der Waals surface area (Å²) in [7, 11) is 1.64. The van der Waals surface area contributed by atoms with Crippen molar-refractivity contribution in [2.24, 2.45) is 5.92 Å². The molecule has 0 heterocycles. The summed E-state index contributed by atoms with van der Waals surface area (Å²) in [6.45, 7) is 2.60. The van der Waals surface area contributed by atoms with Crippen LogP contribution in [-0.2, 0) is 14.3 Å². The van der Waals surface area contributed by atoms with Gasteiger partial charge in [-0.05, 0) is 18.8 Å². The molecule has 1 rings (SSSR count). The van der Waals surface area contributed by atoms with Crippen LogP contribution in [0.3, 0.4) is 0 Å². The molecule has 4 nitrogen and oxygen atoms in total. The van der Waals surface area contributed by atoms with Gasteiger partial charge in [-0.25, -0.2) is 0 Å². The van der Waals surface area contributed by atoms with E-state index < -0.39 is 0 Å². The topological polar surface area (TPSA) is 55.4 Å². The largest absolute Gasteiger partial charge is 0.384 e. The van der Waals surface area contributed by atoms with Crippen molar-refractivity contribution in [1.82, 2.24) is 5.32 Å². The molecule has 1 fully saturated rings. The zero-order valence-corrected chi connectivity index (χ0v) is 10.1. The maximum atomic E-state index is 11.6. The molecule has 1 amide bonds. The fourth-order valence-corrected chi connectivity index (χ4v) is 2.03. The summed E-state index contributed by atoms with van der Waals surface area (Å²) in [4.78, 5) is 22.7. The molecule has 1 atom stereocenters. The SMILES string of the molecule is COCC(C)CC(=O)NC1CCC(=O)CC1. The highest BCUT2D eigenvalue weighted by molar-refractivity contribution is 5.80. The molecular weight excluding hydrogens is 206 g/mol. The minimum atomic E-state index is 0.0731. The van der Waals surface area contributed by atoms with Crippen LogP contribution >= 0.6 is 0 Å². The van der Waals surface area contributed by atoms with Crippen molar-refractivity contribution >= 4 is 11.7 Å². The number of hydrogen-bond donors (Lipinski definition) is 1. The minimum Gasteiger partial charge on any atom is -0.384 e. The predicted molar refractivity (Wildman–Crippen MR) is 61.1 cm³/mol. The molecule has 0 radical (unpaired) electrons. The fraction of sp³-hybridized carbons (Fsp3) is 0.833. The van der Waals surface area contributed by atoms with Crippen molar-refractivity contribution in [3.8, 4) is 0 Å². The summed E-state index contributed by atoms with van der Waals surface area (Å²) in [5.41, 5.74) is 0. The maximum Gasteiger partial charge on any atom is 0.220 e. The zero-order chi connectivity index (χ0) is 12.0. The number of carbonyl (C=O) groups excluding carboxylic acids is 2. The number of methoxy groups -OCH3 is 1. The molecule has 4 heteroatoms. The molecule has 0 aromatic rings. The van der Waals surface area contributed by atoms with Crippen LogP contribution in [0.4, 0.5) is 0 Å².